The molecule has 1 N–H and O–H groups in total. The predicted octanol–water partition coefficient (Wildman–Crippen LogP) is 1.27. The quantitative estimate of drug-likeness (QED) is 0.793. The van der Waals surface area contributed by atoms with Crippen LogP contribution in [0.25, 0.3) is 0 Å². The number of hydrogen-bond acceptors (Lipinski definition) is 8. The van der Waals surface area contributed by atoms with Gasteiger partial charge < -0.3 is 14.4 Å². The van der Waals surface area contributed by atoms with E-state index >= 15 is 0 Å². The third-order valence-electron chi connectivity index (χ3n) is 4.21. The Morgan fingerprint density at radius 3 is 2.77 bits per heavy atom. The van der Waals surface area contributed by atoms with Gasteiger partial charge in [-0.25, -0.2) is 13.4 Å². The van der Waals surface area contributed by atoms with Gasteiger partial charge in [-0.1, -0.05) is 19.0 Å². The van der Waals surface area contributed by atoms with Crippen molar-refractivity contribution in [3.05, 3.63) is 30.0 Å². The van der Waals surface area contributed by atoms with Gasteiger partial charge in [0.25, 0.3) is 5.89 Å². The second kappa shape index (κ2) is 6.93. The van der Waals surface area contributed by atoms with E-state index in [0.717, 1.165) is 0 Å². The van der Waals surface area contributed by atoms with E-state index in [-0.39, 0.29) is 36.2 Å². The van der Waals surface area contributed by atoms with Crippen LogP contribution in [0.1, 0.15) is 44.8 Å². The molecule has 0 spiro atoms. The molecule has 1 aliphatic heterocycles. The third-order valence-corrected chi connectivity index (χ3v) is 6.04. The molecule has 1 saturated heterocycles. The molecule has 2 aromatic heterocycles. The van der Waals surface area contributed by atoms with Crippen LogP contribution in [-0.4, -0.2) is 52.7 Å². The summed E-state index contributed by atoms with van der Waals surface area (Å²) in [5.74, 6) is 0.929. The van der Waals surface area contributed by atoms with Gasteiger partial charge in [-0.15, -0.1) is 0 Å². The summed E-state index contributed by atoms with van der Waals surface area (Å²) in [4.78, 5) is 8.24. The minimum atomic E-state index is -3.79. The van der Waals surface area contributed by atoms with Crippen molar-refractivity contribution in [2.24, 2.45) is 0 Å². The molecule has 1 aliphatic rings. The molecule has 0 unspecified atom stereocenters. The van der Waals surface area contributed by atoms with E-state index in [1.165, 1.54) is 22.6 Å². The Labute approximate surface area is 152 Å². The van der Waals surface area contributed by atoms with Crippen LogP contribution < -0.4 is 4.74 Å². The number of rotatable bonds is 6. The lowest BCUT2D eigenvalue weighted by atomic mass is 10.0. The summed E-state index contributed by atoms with van der Waals surface area (Å²) < 4.78 is 37.2. The predicted molar refractivity (Wildman–Crippen MR) is 91.1 cm³/mol. The van der Waals surface area contributed by atoms with Gasteiger partial charge in [-0.3, -0.25) is 0 Å². The SMILES string of the molecule is CCOc1ccc(S(=O)(=O)N2CC[C@](O)(c3nc(C(C)C)no3)C2)cn1. The molecule has 0 amide bonds. The summed E-state index contributed by atoms with van der Waals surface area (Å²) in [5, 5.41) is 14.7. The fourth-order valence-corrected chi connectivity index (χ4v) is 4.14. The van der Waals surface area contributed by atoms with Crippen LogP contribution in [-0.2, 0) is 15.6 Å². The van der Waals surface area contributed by atoms with E-state index in [9.17, 15) is 13.5 Å². The van der Waals surface area contributed by atoms with Gasteiger partial charge in [0.1, 0.15) is 4.90 Å². The molecule has 0 radical (unpaired) electrons. The first kappa shape index (κ1) is 18.7. The molecule has 2 aromatic rings. The second-order valence-corrected chi connectivity index (χ2v) is 8.44. The molecule has 0 aromatic carbocycles. The zero-order chi connectivity index (χ0) is 18.9. The van der Waals surface area contributed by atoms with E-state index in [2.05, 4.69) is 15.1 Å². The van der Waals surface area contributed by atoms with Crippen molar-refractivity contribution in [2.75, 3.05) is 19.7 Å². The molecule has 0 saturated carbocycles. The number of sulfonamides is 1. The molecule has 26 heavy (non-hydrogen) atoms. The number of pyridine rings is 1. The molecule has 0 aliphatic carbocycles. The molecule has 10 heteroatoms. The summed E-state index contributed by atoms with van der Waals surface area (Å²) in [6, 6.07) is 2.94. The van der Waals surface area contributed by atoms with Crippen LogP contribution in [0.15, 0.2) is 27.7 Å². The highest BCUT2D eigenvalue weighted by atomic mass is 32.2. The lowest BCUT2D eigenvalue weighted by molar-refractivity contribution is 0.0194. The third kappa shape index (κ3) is 3.44. The molecular formula is C16H22N4O5S. The first-order valence-electron chi connectivity index (χ1n) is 8.42. The van der Waals surface area contributed by atoms with E-state index in [1.54, 1.807) is 0 Å². The Morgan fingerprint density at radius 2 is 2.19 bits per heavy atom. The van der Waals surface area contributed by atoms with E-state index in [0.29, 0.717) is 18.3 Å². The van der Waals surface area contributed by atoms with Crippen molar-refractivity contribution < 1.29 is 22.8 Å². The highest BCUT2D eigenvalue weighted by Gasteiger charge is 2.46. The van der Waals surface area contributed by atoms with Crippen molar-refractivity contribution in [3.8, 4) is 5.88 Å². The van der Waals surface area contributed by atoms with Gasteiger partial charge >= 0.3 is 0 Å². The minimum Gasteiger partial charge on any atom is -0.478 e. The van der Waals surface area contributed by atoms with Gasteiger partial charge in [-0.05, 0) is 13.0 Å². The van der Waals surface area contributed by atoms with Crippen molar-refractivity contribution in [1.82, 2.24) is 19.4 Å². The Hall–Kier alpha value is -2.04. The Kier molecular flexibility index (Phi) is 5.00. The Bertz CT molecular complexity index is 865. The van der Waals surface area contributed by atoms with Crippen molar-refractivity contribution in [2.45, 2.75) is 43.6 Å². The molecule has 1 fully saturated rings. The summed E-state index contributed by atoms with van der Waals surface area (Å²) in [6.45, 7) is 6.07. The zero-order valence-electron chi connectivity index (χ0n) is 14.9. The van der Waals surface area contributed by atoms with E-state index in [4.69, 9.17) is 9.26 Å². The van der Waals surface area contributed by atoms with E-state index in [1.807, 2.05) is 20.8 Å². The highest BCUT2D eigenvalue weighted by Crippen LogP contribution is 2.34. The topological polar surface area (TPSA) is 119 Å². The van der Waals surface area contributed by atoms with Crippen LogP contribution in [0.4, 0.5) is 0 Å². The average molecular weight is 382 g/mol. The lowest BCUT2D eigenvalue weighted by Gasteiger charge is -2.19. The monoisotopic (exact) mass is 382 g/mol. The van der Waals surface area contributed by atoms with Gasteiger partial charge in [-0.2, -0.15) is 9.29 Å². The number of aliphatic hydroxyl groups is 1. The van der Waals surface area contributed by atoms with Crippen LogP contribution in [0.2, 0.25) is 0 Å². The second-order valence-electron chi connectivity index (χ2n) is 6.50. The van der Waals surface area contributed by atoms with Crippen LogP contribution in [0.3, 0.4) is 0 Å². The van der Waals surface area contributed by atoms with E-state index < -0.39 is 15.6 Å². The largest absolute Gasteiger partial charge is 0.478 e. The number of hydrogen-bond donors (Lipinski definition) is 1. The molecular weight excluding hydrogens is 360 g/mol. The van der Waals surface area contributed by atoms with Gasteiger partial charge in [0.05, 0.1) is 19.3 Å². The normalized spacial score (nSPS) is 21.4. The highest BCUT2D eigenvalue weighted by molar-refractivity contribution is 7.89. The van der Waals surface area contributed by atoms with Crippen molar-refractivity contribution in [3.63, 3.8) is 0 Å². The zero-order valence-corrected chi connectivity index (χ0v) is 15.7. The van der Waals surface area contributed by atoms with Crippen LogP contribution in [0.5, 0.6) is 5.88 Å². The van der Waals surface area contributed by atoms with Crippen LogP contribution >= 0.6 is 0 Å². The number of β-amino-alcohol motifs (C(OH)–C–C–N with tert-alkyl or cyclic N) is 1. The minimum absolute atomic E-state index is 0.0404. The summed E-state index contributed by atoms with van der Waals surface area (Å²) in [5.41, 5.74) is -1.49. The standard InChI is InChI=1S/C16H22N4O5S/c1-4-24-13-6-5-12(9-17-13)26(22,23)20-8-7-16(21,10-20)15-18-14(11(2)3)19-25-15/h5-6,9,11,21H,4,7-8,10H2,1-3H3/t16-/m1/s1. The summed E-state index contributed by atoms with van der Waals surface area (Å²) >= 11 is 0. The van der Waals surface area contributed by atoms with Gasteiger partial charge in [0.15, 0.2) is 11.4 Å². The Balaban J connectivity index is 1.79. The maximum atomic E-state index is 12.8. The fourth-order valence-electron chi connectivity index (χ4n) is 2.70. The maximum Gasteiger partial charge on any atom is 0.260 e. The molecule has 142 valence electrons. The number of aromatic nitrogens is 3. The fraction of sp³-hybridized carbons (Fsp3) is 0.562. The lowest BCUT2D eigenvalue weighted by Crippen LogP contribution is -2.34. The average Bonchev–Trinajstić information content (AvgIpc) is 3.24. The maximum absolute atomic E-state index is 12.8. The summed E-state index contributed by atoms with van der Waals surface area (Å²) in [7, 11) is -3.79. The molecule has 0 bridgehead atoms. The Morgan fingerprint density at radius 1 is 1.42 bits per heavy atom. The van der Waals surface area contributed by atoms with Crippen molar-refractivity contribution >= 4 is 10.0 Å². The van der Waals surface area contributed by atoms with Gasteiger partial charge in [0.2, 0.25) is 15.9 Å². The van der Waals surface area contributed by atoms with Crippen LogP contribution in [0, 0.1) is 0 Å². The van der Waals surface area contributed by atoms with Gasteiger partial charge in [0, 0.05) is 24.9 Å². The first-order chi connectivity index (χ1) is 12.3. The number of ether oxygens (including phenoxy) is 1. The summed E-state index contributed by atoms with van der Waals surface area (Å²) in [6.07, 6.45) is 1.43. The molecule has 1 atom stereocenters. The van der Waals surface area contributed by atoms with Crippen molar-refractivity contribution in [1.29, 1.82) is 0 Å². The molecule has 3 heterocycles. The smallest absolute Gasteiger partial charge is 0.260 e. The molecule has 9 nitrogen and oxygen atoms in total. The first-order valence-corrected chi connectivity index (χ1v) is 9.86. The molecule has 3 rings (SSSR count). The number of nitrogens with zero attached hydrogens (tertiary/aromatic N) is 4.